The van der Waals surface area contributed by atoms with Crippen LogP contribution in [0.4, 0.5) is 0 Å². The van der Waals surface area contributed by atoms with Crippen LogP contribution in [0, 0.1) is 6.92 Å². The molecule has 21 heavy (non-hydrogen) atoms. The molecule has 2 aromatic rings. The van der Waals surface area contributed by atoms with E-state index in [1.807, 2.05) is 23.7 Å². The number of aryl methyl sites for hydroxylation is 2. The molecule has 2 heterocycles. The van der Waals surface area contributed by atoms with Gasteiger partial charge in [-0.2, -0.15) is 5.10 Å². The third-order valence-electron chi connectivity index (χ3n) is 4.15. The summed E-state index contributed by atoms with van der Waals surface area (Å²) in [6.07, 6.45) is 0.841. The molecule has 2 atom stereocenters. The molecule has 3 N–H and O–H groups in total. The second-order valence-electron chi connectivity index (χ2n) is 5.53. The lowest BCUT2D eigenvalue weighted by molar-refractivity contribution is 0.296. The van der Waals surface area contributed by atoms with Gasteiger partial charge in [0.2, 0.25) is 0 Å². The average molecular weight is 286 g/mol. The molecule has 0 spiro atoms. The fourth-order valence-electron chi connectivity index (χ4n) is 3.10. The van der Waals surface area contributed by atoms with Crippen molar-refractivity contribution in [2.75, 3.05) is 6.61 Å². The van der Waals surface area contributed by atoms with Gasteiger partial charge in [0.25, 0.3) is 0 Å². The topological polar surface area (TPSA) is 65.1 Å². The van der Waals surface area contributed by atoms with Crippen LogP contribution in [0.25, 0.3) is 0 Å². The molecule has 5 nitrogen and oxygen atoms in total. The summed E-state index contributed by atoms with van der Waals surface area (Å²) >= 11 is 0. The number of aromatic nitrogens is 2. The summed E-state index contributed by atoms with van der Waals surface area (Å²) in [5.74, 6) is 7.07. The smallest absolute Gasteiger partial charge is 0.122 e. The van der Waals surface area contributed by atoms with Crippen molar-refractivity contribution in [3.05, 3.63) is 47.3 Å². The van der Waals surface area contributed by atoms with Gasteiger partial charge < -0.3 is 4.74 Å². The molecule has 1 aliphatic heterocycles. The minimum Gasteiger partial charge on any atom is -0.493 e. The van der Waals surface area contributed by atoms with Gasteiger partial charge in [-0.25, -0.2) is 0 Å². The van der Waals surface area contributed by atoms with E-state index in [1.54, 1.807) is 0 Å². The number of nitrogens with one attached hydrogen (secondary N) is 1. The van der Waals surface area contributed by atoms with Crippen LogP contribution in [0.5, 0.6) is 5.75 Å². The molecule has 112 valence electrons. The normalized spacial score (nSPS) is 18.3. The maximum atomic E-state index is 5.82. The van der Waals surface area contributed by atoms with Gasteiger partial charge in [-0.1, -0.05) is 18.2 Å². The van der Waals surface area contributed by atoms with Gasteiger partial charge in [0, 0.05) is 36.2 Å². The van der Waals surface area contributed by atoms with Crippen LogP contribution in [0.2, 0.25) is 0 Å². The number of fused-ring (bicyclic) bond motifs is 1. The lowest BCUT2D eigenvalue weighted by Gasteiger charge is -2.22. The molecule has 0 amide bonds. The Kier molecular flexibility index (Phi) is 3.94. The zero-order chi connectivity index (χ0) is 14.8. The van der Waals surface area contributed by atoms with Crippen LogP contribution in [-0.2, 0) is 13.0 Å². The quantitative estimate of drug-likeness (QED) is 0.649. The van der Waals surface area contributed by atoms with Gasteiger partial charge in [-0.3, -0.25) is 16.0 Å². The van der Waals surface area contributed by atoms with Crippen molar-refractivity contribution in [3.63, 3.8) is 0 Å². The molecular weight excluding hydrogens is 264 g/mol. The number of para-hydroxylation sites is 1. The first kappa shape index (κ1) is 14.1. The van der Waals surface area contributed by atoms with E-state index in [9.17, 15) is 0 Å². The van der Waals surface area contributed by atoms with Gasteiger partial charge in [-0.15, -0.1) is 0 Å². The van der Waals surface area contributed by atoms with Gasteiger partial charge in [0.15, 0.2) is 0 Å². The molecule has 0 bridgehead atoms. The predicted octanol–water partition coefficient (Wildman–Crippen LogP) is 1.76. The zero-order valence-corrected chi connectivity index (χ0v) is 12.5. The summed E-state index contributed by atoms with van der Waals surface area (Å²) in [7, 11) is 0. The van der Waals surface area contributed by atoms with E-state index >= 15 is 0 Å². The molecular formula is C16H22N4O. The van der Waals surface area contributed by atoms with Crippen LogP contribution in [0.1, 0.15) is 29.8 Å². The Labute approximate surface area is 125 Å². The van der Waals surface area contributed by atoms with Crippen molar-refractivity contribution >= 4 is 0 Å². The fraction of sp³-hybridized carbons (Fsp3) is 0.438. The average Bonchev–Trinajstić information content (AvgIpc) is 3.08. The number of ether oxygens (including phenoxy) is 1. The van der Waals surface area contributed by atoms with Crippen LogP contribution < -0.4 is 16.0 Å². The first-order valence-corrected chi connectivity index (χ1v) is 7.44. The van der Waals surface area contributed by atoms with E-state index in [2.05, 4.69) is 35.6 Å². The van der Waals surface area contributed by atoms with Crippen LogP contribution >= 0.6 is 0 Å². The Balaban J connectivity index is 1.83. The fourth-order valence-corrected chi connectivity index (χ4v) is 3.10. The van der Waals surface area contributed by atoms with Gasteiger partial charge in [0.1, 0.15) is 5.75 Å². The molecule has 1 aromatic heterocycles. The number of benzene rings is 1. The summed E-state index contributed by atoms with van der Waals surface area (Å²) in [5.41, 5.74) is 6.47. The third kappa shape index (κ3) is 2.66. The number of hydrazine groups is 1. The van der Waals surface area contributed by atoms with E-state index in [-0.39, 0.29) is 12.0 Å². The van der Waals surface area contributed by atoms with E-state index in [0.717, 1.165) is 24.4 Å². The number of rotatable bonds is 5. The maximum Gasteiger partial charge on any atom is 0.122 e. The molecule has 2 unspecified atom stereocenters. The molecule has 0 saturated carbocycles. The SMILES string of the molecule is CCn1nc(C)cc1CC(NN)C1COc2ccccc21. The third-order valence-corrected chi connectivity index (χ3v) is 4.15. The molecule has 0 fully saturated rings. The molecule has 0 saturated heterocycles. The van der Waals surface area contributed by atoms with Gasteiger partial charge in [0.05, 0.1) is 12.3 Å². The first-order valence-electron chi connectivity index (χ1n) is 7.44. The largest absolute Gasteiger partial charge is 0.493 e. The number of nitrogens with two attached hydrogens (primary N) is 1. The van der Waals surface area contributed by atoms with Gasteiger partial charge in [-0.05, 0) is 26.0 Å². The Morgan fingerprint density at radius 1 is 1.48 bits per heavy atom. The highest BCUT2D eigenvalue weighted by atomic mass is 16.5. The standard InChI is InChI=1S/C16H22N4O/c1-3-20-12(8-11(2)19-20)9-15(18-17)14-10-21-16-7-5-4-6-13(14)16/h4-8,14-15,18H,3,9-10,17H2,1-2H3. The predicted molar refractivity (Wildman–Crippen MR) is 82.1 cm³/mol. The van der Waals surface area contributed by atoms with E-state index in [4.69, 9.17) is 10.6 Å². The molecule has 5 heteroatoms. The first-order chi connectivity index (χ1) is 10.2. The summed E-state index contributed by atoms with van der Waals surface area (Å²) in [5, 5.41) is 4.50. The summed E-state index contributed by atoms with van der Waals surface area (Å²) in [6, 6.07) is 10.5. The van der Waals surface area contributed by atoms with Crippen molar-refractivity contribution in [1.29, 1.82) is 0 Å². The van der Waals surface area contributed by atoms with Crippen LogP contribution in [0.15, 0.2) is 30.3 Å². The number of hydrogen-bond acceptors (Lipinski definition) is 4. The molecule has 1 aliphatic rings. The summed E-state index contributed by atoms with van der Waals surface area (Å²) in [6.45, 7) is 5.68. The lowest BCUT2D eigenvalue weighted by atomic mass is 9.90. The highest BCUT2D eigenvalue weighted by Crippen LogP contribution is 2.36. The maximum absolute atomic E-state index is 5.82. The number of hydrogen-bond donors (Lipinski definition) is 2. The van der Waals surface area contributed by atoms with Gasteiger partial charge >= 0.3 is 0 Å². The second-order valence-corrected chi connectivity index (χ2v) is 5.53. The second kappa shape index (κ2) is 5.87. The highest BCUT2D eigenvalue weighted by Gasteiger charge is 2.31. The van der Waals surface area contributed by atoms with Crippen molar-refractivity contribution in [3.8, 4) is 5.75 Å². The molecule has 0 aliphatic carbocycles. The van der Waals surface area contributed by atoms with E-state index < -0.39 is 0 Å². The van der Waals surface area contributed by atoms with Crippen LogP contribution in [-0.4, -0.2) is 22.4 Å². The van der Waals surface area contributed by atoms with Crippen molar-refractivity contribution in [1.82, 2.24) is 15.2 Å². The molecule has 1 aromatic carbocycles. The Bertz CT molecular complexity index is 622. The Morgan fingerprint density at radius 3 is 3.05 bits per heavy atom. The van der Waals surface area contributed by atoms with Crippen molar-refractivity contribution in [2.24, 2.45) is 5.84 Å². The minimum absolute atomic E-state index is 0.134. The van der Waals surface area contributed by atoms with Crippen molar-refractivity contribution < 1.29 is 4.74 Å². The lowest BCUT2D eigenvalue weighted by Crippen LogP contribution is -2.42. The van der Waals surface area contributed by atoms with Crippen LogP contribution in [0.3, 0.4) is 0 Å². The van der Waals surface area contributed by atoms with E-state index in [1.165, 1.54) is 11.3 Å². The summed E-state index contributed by atoms with van der Waals surface area (Å²) < 4.78 is 7.82. The molecule has 3 rings (SSSR count). The highest BCUT2D eigenvalue weighted by molar-refractivity contribution is 5.40. The number of nitrogens with zero attached hydrogens (tertiary/aromatic N) is 2. The summed E-state index contributed by atoms with van der Waals surface area (Å²) in [4.78, 5) is 0. The van der Waals surface area contributed by atoms with E-state index in [0.29, 0.717) is 6.61 Å². The Hall–Kier alpha value is -1.85. The van der Waals surface area contributed by atoms with Crippen molar-refractivity contribution in [2.45, 2.75) is 38.8 Å². The zero-order valence-electron chi connectivity index (χ0n) is 12.5. The Morgan fingerprint density at radius 2 is 2.29 bits per heavy atom. The molecule has 0 radical (unpaired) electrons. The monoisotopic (exact) mass is 286 g/mol. The minimum atomic E-state index is 0.134.